The van der Waals surface area contributed by atoms with E-state index in [-0.39, 0.29) is 18.5 Å². The fourth-order valence-corrected chi connectivity index (χ4v) is 3.86. The van der Waals surface area contributed by atoms with Crippen molar-refractivity contribution in [2.24, 2.45) is 0 Å². The van der Waals surface area contributed by atoms with E-state index in [0.29, 0.717) is 38.7 Å². The number of aliphatic hydroxyl groups excluding tert-OH is 1. The Kier molecular flexibility index (Phi) is 5.90. The van der Waals surface area contributed by atoms with Gasteiger partial charge >= 0.3 is 0 Å². The van der Waals surface area contributed by atoms with Gasteiger partial charge < -0.3 is 15.2 Å². The van der Waals surface area contributed by atoms with Crippen LogP contribution in [-0.2, 0) is 5.75 Å². The van der Waals surface area contributed by atoms with E-state index in [1.165, 1.54) is 23.1 Å². The van der Waals surface area contributed by atoms with E-state index in [1.807, 2.05) is 13.0 Å². The predicted molar refractivity (Wildman–Crippen MR) is 103 cm³/mol. The third-order valence-electron chi connectivity index (χ3n) is 3.67. The largest absolute Gasteiger partial charge is 0.473 e. The summed E-state index contributed by atoms with van der Waals surface area (Å²) in [6, 6.07) is 5.16. The molecule has 0 spiro atoms. The van der Waals surface area contributed by atoms with Gasteiger partial charge in [0.25, 0.3) is 5.19 Å². The summed E-state index contributed by atoms with van der Waals surface area (Å²) in [5.74, 6) is 0.795. The number of nitrogens with zero attached hydrogens (tertiary/aromatic N) is 3. The number of ether oxygens (including phenoxy) is 1. The normalized spacial score (nSPS) is 12.3. The van der Waals surface area contributed by atoms with Crippen molar-refractivity contribution in [3.8, 4) is 5.19 Å². The minimum atomic E-state index is -0.205. The Morgan fingerprint density at radius 1 is 1.35 bits per heavy atom. The van der Waals surface area contributed by atoms with Crippen molar-refractivity contribution < 1.29 is 14.2 Å². The third-order valence-corrected chi connectivity index (χ3v) is 5.58. The van der Waals surface area contributed by atoms with Crippen LogP contribution in [0.15, 0.2) is 23.4 Å². The zero-order valence-corrected chi connectivity index (χ0v) is 16.2. The SMILES string of the molecule is COc1nc2nc(SCc3cccc(C)c3F)nc(N[C@H](C)CO)c2s1. The fraction of sp³-hybridized carbons (Fsp3) is 0.353. The van der Waals surface area contributed by atoms with Gasteiger partial charge in [-0.15, -0.1) is 0 Å². The molecule has 0 aliphatic rings. The number of nitrogens with one attached hydrogen (secondary N) is 1. The Labute approximate surface area is 158 Å². The average molecular weight is 394 g/mol. The number of benzene rings is 1. The van der Waals surface area contributed by atoms with Crippen LogP contribution >= 0.6 is 23.1 Å². The smallest absolute Gasteiger partial charge is 0.275 e. The zero-order valence-electron chi connectivity index (χ0n) is 14.6. The second kappa shape index (κ2) is 8.15. The van der Waals surface area contributed by atoms with E-state index in [2.05, 4.69) is 20.3 Å². The molecule has 0 aliphatic carbocycles. The van der Waals surface area contributed by atoms with Gasteiger partial charge in [-0.1, -0.05) is 41.3 Å². The van der Waals surface area contributed by atoms with E-state index in [1.54, 1.807) is 26.2 Å². The molecule has 1 aromatic carbocycles. The first-order valence-corrected chi connectivity index (χ1v) is 9.78. The topological polar surface area (TPSA) is 80.2 Å². The maximum absolute atomic E-state index is 14.2. The molecule has 6 nitrogen and oxygen atoms in total. The molecule has 0 aliphatic heterocycles. The van der Waals surface area contributed by atoms with Crippen molar-refractivity contribution in [2.45, 2.75) is 30.8 Å². The Bertz CT molecular complexity index is 919. The minimum Gasteiger partial charge on any atom is -0.473 e. The summed E-state index contributed by atoms with van der Waals surface area (Å²) in [5.41, 5.74) is 1.73. The number of aryl methyl sites for hydroxylation is 1. The summed E-state index contributed by atoms with van der Waals surface area (Å²) in [6.45, 7) is 3.56. The molecule has 0 fully saturated rings. The maximum atomic E-state index is 14.2. The highest BCUT2D eigenvalue weighted by molar-refractivity contribution is 7.98. The molecule has 1 atom stereocenters. The lowest BCUT2D eigenvalue weighted by molar-refractivity contribution is 0.281. The molecule has 26 heavy (non-hydrogen) atoms. The Balaban J connectivity index is 1.91. The molecule has 0 unspecified atom stereocenters. The predicted octanol–water partition coefficient (Wildman–Crippen LogP) is 3.63. The van der Waals surface area contributed by atoms with Crippen LogP contribution in [0.4, 0.5) is 10.2 Å². The number of halogens is 1. The fourth-order valence-electron chi connectivity index (χ4n) is 2.28. The quantitative estimate of drug-likeness (QED) is 0.468. The number of anilines is 1. The number of methoxy groups -OCH3 is 1. The Morgan fingerprint density at radius 2 is 2.15 bits per heavy atom. The van der Waals surface area contributed by atoms with Gasteiger partial charge in [-0.05, 0) is 25.0 Å². The van der Waals surface area contributed by atoms with Gasteiger partial charge in [-0.3, -0.25) is 0 Å². The second-order valence-electron chi connectivity index (χ2n) is 5.76. The minimum absolute atomic E-state index is 0.0294. The van der Waals surface area contributed by atoms with Crippen molar-refractivity contribution in [1.29, 1.82) is 0 Å². The number of aliphatic hydroxyl groups is 1. The molecule has 0 saturated heterocycles. The number of hydrogen-bond donors (Lipinski definition) is 2. The molecule has 0 saturated carbocycles. The van der Waals surface area contributed by atoms with Crippen LogP contribution in [-0.4, -0.2) is 39.8 Å². The molecule has 9 heteroatoms. The van der Waals surface area contributed by atoms with Crippen LogP contribution in [0, 0.1) is 12.7 Å². The van der Waals surface area contributed by atoms with Crippen LogP contribution in [0.3, 0.4) is 0 Å². The molecule has 0 radical (unpaired) electrons. The summed E-state index contributed by atoms with van der Waals surface area (Å²) in [7, 11) is 1.55. The van der Waals surface area contributed by atoms with Crippen LogP contribution < -0.4 is 10.1 Å². The lowest BCUT2D eigenvalue weighted by Crippen LogP contribution is -2.20. The van der Waals surface area contributed by atoms with Crippen molar-refractivity contribution >= 4 is 39.3 Å². The van der Waals surface area contributed by atoms with Crippen molar-refractivity contribution in [3.05, 3.63) is 35.1 Å². The van der Waals surface area contributed by atoms with Gasteiger partial charge in [0.05, 0.1) is 13.7 Å². The second-order valence-corrected chi connectivity index (χ2v) is 7.66. The highest BCUT2D eigenvalue weighted by Gasteiger charge is 2.16. The van der Waals surface area contributed by atoms with Gasteiger partial charge in [0.2, 0.25) is 0 Å². The molecule has 2 N–H and O–H groups in total. The number of aromatic nitrogens is 3. The number of rotatable bonds is 7. The van der Waals surface area contributed by atoms with Crippen LogP contribution in [0.1, 0.15) is 18.1 Å². The van der Waals surface area contributed by atoms with Crippen LogP contribution in [0.5, 0.6) is 5.19 Å². The number of thiazole rings is 1. The molecule has 2 heterocycles. The summed E-state index contributed by atoms with van der Waals surface area (Å²) in [5, 5.41) is 13.4. The molecule has 138 valence electrons. The van der Waals surface area contributed by atoms with Gasteiger partial charge in [-0.2, -0.15) is 4.98 Å². The van der Waals surface area contributed by atoms with Gasteiger partial charge in [-0.25, -0.2) is 14.4 Å². The Morgan fingerprint density at radius 3 is 2.88 bits per heavy atom. The number of fused-ring (bicyclic) bond motifs is 1. The van der Waals surface area contributed by atoms with Gasteiger partial charge in [0, 0.05) is 11.8 Å². The van der Waals surface area contributed by atoms with Crippen LogP contribution in [0.2, 0.25) is 0 Å². The van der Waals surface area contributed by atoms with E-state index in [9.17, 15) is 9.50 Å². The highest BCUT2D eigenvalue weighted by atomic mass is 32.2. The van der Waals surface area contributed by atoms with E-state index < -0.39 is 0 Å². The van der Waals surface area contributed by atoms with E-state index in [0.717, 1.165) is 4.70 Å². The summed E-state index contributed by atoms with van der Waals surface area (Å²) in [4.78, 5) is 13.3. The van der Waals surface area contributed by atoms with Gasteiger partial charge in [0.1, 0.15) is 10.5 Å². The Hall–Kier alpha value is -1.97. The molecule has 0 amide bonds. The summed E-state index contributed by atoms with van der Waals surface area (Å²) in [6.07, 6.45) is 0. The molecular formula is C17H19FN4O2S2. The first-order chi connectivity index (χ1) is 12.5. The number of hydrogen-bond acceptors (Lipinski definition) is 8. The zero-order chi connectivity index (χ0) is 18.7. The number of thioether (sulfide) groups is 1. The van der Waals surface area contributed by atoms with E-state index >= 15 is 0 Å². The maximum Gasteiger partial charge on any atom is 0.275 e. The van der Waals surface area contributed by atoms with E-state index in [4.69, 9.17) is 4.74 Å². The highest BCUT2D eigenvalue weighted by Crippen LogP contribution is 2.34. The average Bonchev–Trinajstić information content (AvgIpc) is 3.06. The molecule has 3 rings (SSSR count). The van der Waals surface area contributed by atoms with Crippen molar-refractivity contribution in [1.82, 2.24) is 15.0 Å². The first-order valence-electron chi connectivity index (χ1n) is 7.98. The molecular weight excluding hydrogens is 375 g/mol. The molecule has 3 aromatic rings. The summed E-state index contributed by atoms with van der Waals surface area (Å²) >= 11 is 2.67. The molecule has 2 aromatic heterocycles. The third kappa shape index (κ3) is 4.05. The van der Waals surface area contributed by atoms with Gasteiger partial charge in [0.15, 0.2) is 16.6 Å². The lowest BCUT2D eigenvalue weighted by atomic mass is 10.1. The first kappa shape index (κ1) is 18.8. The van der Waals surface area contributed by atoms with Crippen molar-refractivity contribution in [3.63, 3.8) is 0 Å². The standard InChI is InChI=1S/C17H19FN4O2S2/c1-9-5-4-6-11(12(9)18)8-25-16-20-14(19-10(2)7-23)13-15(21-16)22-17(24-3)26-13/h4-6,10,23H,7-8H2,1-3H3,(H,19,20,21)/t10-/m1/s1. The van der Waals surface area contributed by atoms with Crippen LogP contribution in [0.25, 0.3) is 10.3 Å². The molecule has 0 bridgehead atoms. The monoisotopic (exact) mass is 394 g/mol. The summed E-state index contributed by atoms with van der Waals surface area (Å²) < 4.78 is 20.1. The lowest BCUT2D eigenvalue weighted by Gasteiger charge is -2.12. The van der Waals surface area contributed by atoms with Crippen molar-refractivity contribution in [2.75, 3.05) is 19.0 Å².